The predicted molar refractivity (Wildman–Crippen MR) is 74.6 cm³/mol. The molecule has 1 fully saturated rings. The second-order valence-corrected chi connectivity index (χ2v) is 7.17. The second-order valence-electron chi connectivity index (χ2n) is 4.94. The maximum Gasteiger partial charge on any atom is 0.221 e. The van der Waals surface area contributed by atoms with Gasteiger partial charge in [-0.25, -0.2) is 8.42 Å². The van der Waals surface area contributed by atoms with Crippen molar-refractivity contribution >= 4 is 21.4 Å². The van der Waals surface area contributed by atoms with Gasteiger partial charge >= 0.3 is 0 Å². The largest absolute Gasteiger partial charge is 0.381 e. The molecule has 0 aromatic heterocycles. The SMILES string of the molecule is NC(=O)Cc1ccc(NC2CCCS(=O)(=O)C2)cc1. The van der Waals surface area contributed by atoms with E-state index in [9.17, 15) is 13.2 Å². The van der Waals surface area contributed by atoms with Crippen LogP contribution in [0, 0.1) is 0 Å². The van der Waals surface area contributed by atoms with Crippen LogP contribution in [0.3, 0.4) is 0 Å². The van der Waals surface area contributed by atoms with Crippen LogP contribution in [0.25, 0.3) is 0 Å². The smallest absolute Gasteiger partial charge is 0.221 e. The lowest BCUT2D eigenvalue weighted by atomic mass is 10.1. The lowest BCUT2D eigenvalue weighted by Crippen LogP contribution is -2.34. The zero-order valence-corrected chi connectivity index (χ0v) is 11.4. The number of carbonyl (C=O) groups is 1. The number of hydrogen-bond acceptors (Lipinski definition) is 4. The molecule has 0 radical (unpaired) electrons. The summed E-state index contributed by atoms with van der Waals surface area (Å²) in [6, 6.07) is 7.31. The fraction of sp³-hybridized carbons (Fsp3) is 0.462. The number of rotatable bonds is 4. The van der Waals surface area contributed by atoms with Crippen molar-refractivity contribution in [2.24, 2.45) is 5.73 Å². The molecule has 6 heteroatoms. The van der Waals surface area contributed by atoms with E-state index >= 15 is 0 Å². The highest BCUT2D eigenvalue weighted by atomic mass is 32.2. The van der Waals surface area contributed by atoms with Crippen molar-refractivity contribution in [3.8, 4) is 0 Å². The van der Waals surface area contributed by atoms with Gasteiger partial charge in [0, 0.05) is 11.7 Å². The van der Waals surface area contributed by atoms with Gasteiger partial charge in [-0.3, -0.25) is 4.79 Å². The van der Waals surface area contributed by atoms with Gasteiger partial charge in [0.15, 0.2) is 9.84 Å². The Balaban J connectivity index is 1.97. The Morgan fingerprint density at radius 1 is 1.32 bits per heavy atom. The van der Waals surface area contributed by atoms with E-state index in [1.54, 1.807) is 0 Å². The van der Waals surface area contributed by atoms with Crippen molar-refractivity contribution in [2.75, 3.05) is 16.8 Å². The van der Waals surface area contributed by atoms with Crippen molar-refractivity contribution in [3.05, 3.63) is 29.8 Å². The average molecular weight is 282 g/mol. The molecule has 1 aliphatic heterocycles. The predicted octanol–water partition coefficient (Wildman–Crippen LogP) is 0.703. The first-order chi connectivity index (χ1) is 8.94. The van der Waals surface area contributed by atoms with Gasteiger partial charge in [-0.1, -0.05) is 12.1 Å². The molecule has 1 saturated heterocycles. The molecule has 0 bridgehead atoms. The highest BCUT2D eigenvalue weighted by Gasteiger charge is 2.24. The van der Waals surface area contributed by atoms with E-state index in [1.165, 1.54) is 0 Å². The molecule has 0 saturated carbocycles. The molecular weight excluding hydrogens is 264 g/mol. The molecule has 1 unspecified atom stereocenters. The lowest BCUT2D eigenvalue weighted by molar-refractivity contribution is -0.117. The van der Waals surface area contributed by atoms with E-state index in [1.807, 2.05) is 24.3 Å². The number of primary amides is 1. The highest BCUT2D eigenvalue weighted by molar-refractivity contribution is 7.91. The van der Waals surface area contributed by atoms with Gasteiger partial charge in [0.05, 0.1) is 17.9 Å². The fourth-order valence-corrected chi connectivity index (χ4v) is 3.93. The number of benzene rings is 1. The molecule has 1 aliphatic rings. The highest BCUT2D eigenvalue weighted by Crippen LogP contribution is 2.18. The summed E-state index contributed by atoms with van der Waals surface area (Å²) in [5, 5.41) is 3.22. The van der Waals surface area contributed by atoms with Crippen molar-refractivity contribution in [1.82, 2.24) is 0 Å². The van der Waals surface area contributed by atoms with E-state index < -0.39 is 9.84 Å². The molecule has 1 aromatic rings. The van der Waals surface area contributed by atoms with Gasteiger partial charge in [0.1, 0.15) is 0 Å². The zero-order chi connectivity index (χ0) is 13.9. The van der Waals surface area contributed by atoms with Crippen LogP contribution in [0.15, 0.2) is 24.3 Å². The van der Waals surface area contributed by atoms with Gasteiger partial charge in [0.2, 0.25) is 5.91 Å². The lowest BCUT2D eigenvalue weighted by Gasteiger charge is -2.24. The number of hydrogen-bond donors (Lipinski definition) is 2. The van der Waals surface area contributed by atoms with Crippen molar-refractivity contribution in [2.45, 2.75) is 25.3 Å². The molecule has 0 spiro atoms. The first-order valence-electron chi connectivity index (χ1n) is 6.29. The fourth-order valence-electron chi connectivity index (χ4n) is 2.29. The van der Waals surface area contributed by atoms with E-state index in [0.29, 0.717) is 12.2 Å². The molecule has 0 aliphatic carbocycles. The Hall–Kier alpha value is -1.56. The number of anilines is 1. The monoisotopic (exact) mass is 282 g/mol. The molecule has 1 atom stereocenters. The molecule has 3 N–H and O–H groups in total. The minimum absolute atomic E-state index is 0.0271. The Bertz CT molecular complexity index is 552. The quantitative estimate of drug-likeness (QED) is 0.851. The van der Waals surface area contributed by atoms with Crippen molar-refractivity contribution < 1.29 is 13.2 Å². The Kier molecular flexibility index (Phi) is 4.09. The molecule has 104 valence electrons. The van der Waals surface area contributed by atoms with Crippen LogP contribution in [0.1, 0.15) is 18.4 Å². The first kappa shape index (κ1) is 13.9. The van der Waals surface area contributed by atoms with Crippen LogP contribution < -0.4 is 11.1 Å². The number of carbonyl (C=O) groups excluding carboxylic acids is 1. The van der Waals surface area contributed by atoms with E-state index in [0.717, 1.165) is 17.7 Å². The molecule has 2 rings (SSSR count). The Morgan fingerprint density at radius 3 is 2.58 bits per heavy atom. The molecular formula is C13H18N2O3S. The van der Waals surface area contributed by atoms with Gasteiger partial charge < -0.3 is 11.1 Å². The topological polar surface area (TPSA) is 89.3 Å². The standard InChI is InChI=1S/C13H18N2O3S/c14-13(16)8-10-3-5-11(6-4-10)15-12-2-1-7-19(17,18)9-12/h3-6,12,15H,1-2,7-9H2,(H2,14,16). The van der Waals surface area contributed by atoms with Crippen LogP contribution in [-0.2, 0) is 21.1 Å². The van der Waals surface area contributed by atoms with Gasteiger partial charge in [-0.2, -0.15) is 0 Å². The number of amides is 1. The molecule has 1 heterocycles. The van der Waals surface area contributed by atoms with E-state index in [4.69, 9.17) is 5.73 Å². The third-order valence-corrected chi connectivity index (χ3v) is 4.99. The Morgan fingerprint density at radius 2 is 2.00 bits per heavy atom. The number of sulfone groups is 1. The summed E-state index contributed by atoms with van der Waals surface area (Å²) >= 11 is 0. The van der Waals surface area contributed by atoms with E-state index in [-0.39, 0.29) is 24.1 Å². The zero-order valence-electron chi connectivity index (χ0n) is 10.6. The summed E-state index contributed by atoms with van der Waals surface area (Å²) in [7, 11) is -2.90. The summed E-state index contributed by atoms with van der Waals surface area (Å²) in [6.07, 6.45) is 1.79. The van der Waals surface area contributed by atoms with Crippen LogP contribution in [0.4, 0.5) is 5.69 Å². The second kappa shape index (κ2) is 5.61. The number of nitrogens with one attached hydrogen (secondary N) is 1. The molecule has 19 heavy (non-hydrogen) atoms. The van der Waals surface area contributed by atoms with Crippen LogP contribution in [-0.4, -0.2) is 31.9 Å². The molecule has 1 amide bonds. The minimum Gasteiger partial charge on any atom is -0.381 e. The summed E-state index contributed by atoms with van der Waals surface area (Å²) in [6.45, 7) is 0. The maximum absolute atomic E-state index is 11.5. The van der Waals surface area contributed by atoms with E-state index in [2.05, 4.69) is 5.32 Å². The maximum atomic E-state index is 11.5. The van der Waals surface area contributed by atoms with Gasteiger partial charge in [-0.05, 0) is 30.5 Å². The third-order valence-electron chi connectivity index (χ3n) is 3.17. The number of nitrogens with two attached hydrogens (primary N) is 1. The third kappa shape index (κ3) is 4.24. The normalized spacial score (nSPS) is 21.8. The van der Waals surface area contributed by atoms with Crippen molar-refractivity contribution in [3.63, 3.8) is 0 Å². The first-order valence-corrected chi connectivity index (χ1v) is 8.11. The average Bonchev–Trinajstić information content (AvgIpc) is 2.30. The van der Waals surface area contributed by atoms with Crippen molar-refractivity contribution in [1.29, 1.82) is 0 Å². The summed E-state index contributed by atoms with van der Waals surface area (Å²) < 4.78 is 23.1. The van der Waals surface area contributed by atoms with Gasteiger partial charge in [0.25, 0.3) is 0 Å². The molecule has 5 nitrogen and oxygen atoms in total. The molecule has 1 aromatic carbocycles. The van der Waals surface area contributed by atoms with Crippen LogP contribution >= 0.6 is 0 Å². The van der Waals surface area contributed by atoms with Crippen LogP contribution in [0.2, 0.25) is 0 Å². The summed E-state index contributed by atoms with van der Waals surface area (Å²) in [5.41, 5.74) is 6.85. The van der Waals surface area contributed by atoms with Crippen LogP contribution in [0.5, 0.6) is 0 Å². The summed E-state index contributed by atoms with van der Waals surface area (Å²) in [5.74, 6) is 0.123. The Labute approximate surface area is 113 Å². The van der Waals surface area contributed by atoms with Gasteiger partial charge in [-0.15, -0.1) is 0 Å². The summed E-state index contributed by atoms with van der Waals surface area (Å²) in [4.78, 5) is 10.8. The minimum atomic E-state index is -2.90.